The van der Waals surface area contributed by atoms with Crippen LogP contribution in [0.25, 0.3) is 0 Å². The lowest BCUT2D eigenvalue weighted by atomic mass is 10.2. The van der Waals surface area contributed by atoms with Gasteiger partial charge in [-0.2, -0.15) is 0 Å². The summed E-state index contributed by atoms with van der Waals surface area (Å²) in [4.78, 5) is 15.4. The summed E-state index contributed by atoms with van der Waals surface area (Å²) >= 11 is 1.37. The first-order valence-corrected chi connectivity index (χ1v) is 5.87. The first kappa shape index (κ1) is 15.1. The molecule has 0 fully saturated rings. The van der Waals surface area contributed by atoms with Crippen molar-refractivity contribution in [1.82, 2.24) is 0 Å². The number of carboxylic acids is 1. The molecular weight excluding hydrogens is 291 g/mol. The summed E-state index contributed by atoms with van der Waals surface area (Å²) in [6.07, 6.45) is 0. The lowest BCUT2D eigenvalue weighted by molar-refractivity contribution is 0.0697. The van der Waals surface area contributed by atoms with Crippen LogP contribution in [0.4, 0.5) is 10.1 Å². The second kappa shape index (κ2) is 6.31. The van der Waals surface area contributed by atoms with Gasteiger partial charge >= 0.3 is 5.97 Å². The number of carbonyl (C=O) groups is 1. The van der Waals surface area contributed by atoms with Crippen molar-refractivity contribution in [2.45, 2.75) is 0 Å². The second-order valence-corrected chi connectivity index (χ2v) is 4.39. The van der Waals surface area contributed by atoms with E-state index < -0.39 is 11.8 Å². The van der Waals surface area contributed by atoms with Crippen LogP contribution in [-0.4, -0.2) is 16.9 Å². The topological polar surface area (TPSA) is 75.7 Å². The molecule has 1 heterocycles. The molecule has 0 saturated heterocycles. The van der Waals surface area contributed by atoms with Crippen molar-refractivity contribution in [2.24, 2.45) is 10.7 Å². The molecule has 0 amide bonds. The van der Waals surface area contributed by atoms with E-state index in [0.29, 0.717) is 4.88 Å². The number of aliphatic imine (C=N–C) groups is 1. The predicted molar refractivity (Wildman–Crippen MR) is 75.3 cm³/mol. The van der Waals surface area contributed by atoms with Gasteiger partial charge in [0.15, 0.2) is 0 Å². The van der Waals surface area contributed by atoms with Crippen molar-refractivity contribution >= 4 is 41.2 Å². The molecule has 0 bridgehead atoms. The van der Waals surface area contributed by atoms with E-state index in [-0.39, 0.29) is 29.5 Å². The van der Waals surface area contributed by atoms with Crippen LogP contribution in [0.3, 0.4) is 0 Å². The van der Waals surface area contributed by atoms with E-state index in [1.807, 2.05) is 5.38 Å². The normalized spacial score (nSPS) is 10.9. The van der Waals surface area contributed by atoms with Crippen LogP contribution in [0.2, 0.25) is 0 Å². The molecule has 0 aliphatic rings. The molecule has 100 valence electrons. The number of aromatic carboxylic acids is 1. The molecule has 0 radical (unpaired) electrons. The van der Waals surface area contributed by atoms with E-state index in [2.05, 4.69) is 4.99 Å². The van der Waals surface area contributed by atoms with E-state index in [4.69, 9.17) is 10.8 Å². The van der Waals surface area contributed by atoms with Gasteiger partial charge < -0.3 is 10.8 Å². The first-order chi connectivity index (χ1) is 8.58. The van der Waals surface area contributed by atoms with Crippen LogP contribution >= 0.6 is 23.7 Å². The van der Waals surface area contributed by atoms with Gasteiger partial charge in [-0.05, 0) is 29.6 Å². The van der Waals surface area contributed by atoms with Gasteiger partial charge in [-0.15, -0.1) is 23.7 Å². The van der Waals surface area contributed by atoms with E-state index in [9.17, 15) is 9.18 Å². The third-order valence-electron chi connectivity index (χ3n) is 2.21. The summed E-state index contributed by atoms with van der Waals surface area (Å²) in [6, 6.07) is 6.94. The Morgan fingerprint density at radius 1 is 1.37 bits per heavy atom. The number of rotatable bonds is 3. The van der Waals surface area contributed by atoms with Crippen LogP contribution in [0.5, 0.6) is 0 Å². The maximum Gasteiger partial charge on any atom is 0.335 e. The highest BCUT2D eigenvalue weighted by molar-refractivity contribution is 7.12. The molecule has 2 rings (SSSR count). The van der Waals surface area contributed by atoms with Gasteiger partial charge in [0.2, 0.25) is 0 Å². The fourth-order valence-corrected chi connectivity index (χ4v) is 1.97. The smallest absolute Gasteiger partial charge is 0.335 e. The minimum absolute atomic E-state index is 0. The molecular formula is C12H10ClFN2O2S. The van der Waals surface area contributed by atoms with Gasteiger partial charge in [0.05, 0.1) is 10.4 Å². The monoisotopic (exact) mass is 300 g/mol. The molecule has 4 nitrogen and oxygen atoms in total. The van der Waals surface area contributed by atoms with E-state index in [1.54, 1.807) is 12.1 Å². The molecule has 2 aromatic rings. The van der Waals surface area contributed by atoms with Gasteiger partial charge in [-0.1, -0.05) is 6.07 Å². The number of nitrogens with two attached hydrogens (primary N) is 1. The van der Waals surface area contributed by atoms with E-state index >= 15 is 0 Å². The van der Waals surface area contributed by atoms with Gasteiger partial charge in [-0.3, -0.25) is 0 Å². The Morgan fingerprint density at radius 3 is 2.68 bits per heavy atom. The second-order valence-electron chi connectivity index (χ2n) is 3.45. The lowest BCUT2D eigenvalue weighted by Gasteiger charge is -2.01. The standard InChI is InChI=1S/C12H9FN2O2S.ClH/c13-8-4-3-7(12(16)17)6-9(8)15-11(14)10-2-1-5-18-10;/h1-6H,(H2,14,15)(H,16,17);1H. The van der Waals surface area contributed by atoms with Crippen molar-refractivity contribution < 1.29 is 14.3 Å². The summed E-state index contributed by atoms with van der Waals surface area (Å²) in [6.45, 7) is 0. The van der Waals surface area contributed by atoms with Gasteiger partial charge in [0.25, 0.3) is 0 Å². The quantitative estimate of drug-likeness (QED) is 0.675. The van der Waals surface area contributed by atoms with Crippen molar-refractivity contribution in [3.05, 3.63) is 52.0 Å². The van der Waals surface area contributed by atoms with Crippen molar-refractivity contribution in [3.63, 3.8) is 0 Å². The van der Waals surface area contributed by atoms with Crippen LogP contribution in [0.1, 0.15) is 15.2 Å². The van der Waals surface area contributed by atoms with E-state index in [0.717, 1.165) is 12.1 Å². The molecule has 1 aromatic heterocycles. The molecule has 0 aliphatic heterocycles. The maximum atomic E-state index is 13.5. The zero-order valence-corrected chi connectivity index (χ0v) is 11.2. The Labute approximate surface area is 118 Å². The number of carboxylic acid groups (broad SMARTS) is 1. The van der Waals surface area contributed by atoms with E-state index in [1.165, 1.54) is 17.4 Å². The Kier molecular flexibility index (Phi) is 5.02. The number of thiophene rings is 1. The average Bonchev–Trinajstić information content (AvgIpc) is 2.85. The first-order valence-electron chi connectivity index (χ1n) is 4.99. The van der Waals surface area contributed by atoms with Gasteiger partial charge in [0, 0.05) is 0 Å². The Balaban J connectivity index is 0.00000180. The molecule has 7 heteroatoms. The molecule has 0 spiro atoms. The third kappa shape index (κ3) is 3.52. The van der Waals surface area contributed by atoms with Crippen LogP contribution in [0.15, 0.2) is 40.7 Å². The fourth-order valence-electron chi connectivity index (χ4n) is 1.34. The largest absolute Gasteiger partial charge is 0.478 e. The van der Waals surface area contributed by atoms with Crippen LogP contribution in [0, 0.1) is 5.82 Å². The summed E-state index contributed by atoms with van der Waals surface area (Å²) in [5.41, 5.74) is 5.60. The van der Waals surface area contributed by atoms with Crippen LogP contribution < -0.4 is 5.73 Å². The SMILES string of the molecule is Cl.NC(=Nc1cc(C(=O)O)ccc1F)c1cccs1. The summed E-state index contributed by atoms with van der Waals surface area (Å²) < 4.78 is 13.5. The Bertz CT molecular complexity index is 614. The third-order valence-corrected chi connectivity index (χ3v) is 3.10. The summed E-state index contributed by atoms with van der Waals surface area (Å²) in [7, 11) is 0. The summed E-state index contributed by atoms with van der Waals surface area (Å²) in [5.74, 6) is -1.59. The fraction of sp³-hybridized carbons (Fsp3) is 0. The average molecular weight is 301 g/mol. The molecule has 3 N–H and O–H groups in total. The molecule has 0 unspecified atom stereocenters. The van der Waals surface area contributed by atoms with Gasteiger partial charge in [0.1, 0.15) is 17.3 Å². The number of amidine groups is 1. The molecule has 19 heavy (non-hydrogen) atoms. The number of benzene rings is 1. The lowest BCUT2D eigenvalue weighted by Crippen LogP contribution is -2.11. The number of hydrogen-bond acceptors (Lipinski definition) is 3. The van der Waals surface area contributed by atoms with Crippen molar-refractivity contribution in [2.75, 3.05) is 0 Å². The predicted octanol–water partition coefficient (Wildman–Crippen LogP) is 3.04. The highest BCUT2D eigenvalue weighted by atomic mass is 35.5. The zero-order valence-electron chi connectivity index (χ0n) is 9.54. The van der Waals surface area contributed by atoms with Gasteiger partial charge in [-0.25, -0.2) is 14.2 Å². The zero-order chi connectivity index (χ0) is 13.1. The minimum atomic E-state index is -1.14. The Hall–Kier alpha value is -1.92. The number of halogens is 2. The molecule has 1 aromatic carbocycles. The highest BCUT2D eigenvalue weighted by Crippen LogP contribution is 2.21. The number of nitrogens with zero attached hydrogens (tertiary/aromatic N) is 1. The molecule has 0 saturated carbocycles. The van der Waals surface area contributed by atoms with Crippen LogP contribution in [-0.2, 0) is 0 Å². The number of hydrogen-bond donors (Lipinski definition) is 2. The summed E-state index contributed by atoms with van der Waals surface area (Å²) in [5, 5.41) is 10.6. The molecule has 0 atom stereocenters. The Morgan fingerprint density at radius 2 is 2.11 bits per heavy atom. The molecule has 0 aliphatic carbocycles. The minimum Gasteiger partial charge on any atom is -0.478 e. The maximum absolute atomic E-state index is 13.5. The van der Waals surface area contributed by atoms with Crippen molar-refractivity contribution in [3.8, 4) is 0 Å². The van der Waals surface area contributed by atoms with Crippen molar-refractivity contribution in [1.29, 1.82) is 0 Å². The highest BCUT2D eigenvalue weighted by Gasteiger charge is 2.09.